The highest BCUT2D eigenvalue weighted by molar-refractivity contribution is 5.22. The van der Waals surface area contributed by atoms with Crippen molar-refractivity contribution in [2.75, 3.05) is 6.61 Å². The Balaban J connectivity index is 2.42. The number of hydrogen-bond acceptors (Lipinski definition) is 2. The largest absolute Gasteiger partial charge is 0.395 e. The number of aliphatic hydroxyl groups excluding tert-OH is 1. The molecule has 2 heteroatoms. The lowest BCUT2D eigenvalue weighted by Gasteiger charge is -2.18. The first-order valence-electron chi connectivity index (χ1n) is 6.57. The molecule has 1 aromatic rings. The second-order valence-corrected chi connectivity index (χ2v) is 5.06. The maximum absolute atomic E-state index is 9.27. The molecule has 1 unspecified atom stereocenters. The van der Waals surface area contributed by atoms with Crippen molar-refractivity contribution in [3.05, 3.63) is 35.4 Å². The lowest BCUT2D eigenvalue weighted by Crippen LogP contribution is -2.33. The Kier molecular flexibility index (Phi) is 6.23. The lowest BCUT2D eigenvalue weighted by molar-refractivity contribution is 0.223. The van der Waals surface area contributed by atoms with Gasteiger partial charge in [-0.2, -0.15) is 0 Å². The van der Waals surface area contributed by atoms with Crippen LogP contribution in [0.25, 0.3) is 0 Å². The third-order valence-corrected chi connectivity index (χ3v) is 3.00. The molecular weight excluding hydrogens is 210 g/mol. The molecule has 1 rings (SSSR count). The minimum atomic E-state index is 0.209. The van der Waals surface area contributed by atoms with Gasteiger partial charge < -0.3 is 10.4 Å². The van der Waals surface area contributed by atoms with Crippen molar-refractivity contribution in [1.82, 2.24) is 5.32 Å². The smallest absolute Gasteiger partial charge is 0.0584 e. The highest BCUT2D eigenvalue weighted by Gasteiger charge is 2.08. The van der Waals surface area contributed by atoms with E-state index in [0.717, 1.165) is 19.4 Å². The van der Waals surface area contributed by atoms with Gasteiger partial charge >= 0.3 is 0 Å². The van der Waals surface area contributed by atoms with Crippen molar-refractivity contribution in [2.24, 2.45) is 5.92 Å². The Labute approximate surface area is 105 Å². The Morgan fingerprint density at radius 1 is 1.12 bits per heavy atom. The molecular formula is C15H25NO. The Morgan fingerprint density at radius 2 is 1.71 bits per heavy atom. The highest BCUT2D eigenvalue weighted by atomic mass is 16.3. The van der Waals surface area contributed by atoms with Crippen LogP contribution in [0.3, 0.4) is 0 Å². The quantitative estimate of drug-likeness (QED) is 0.761. The van der Waals surface area contributed by atoms with Crippen molar-refractivity contribution in [1.29, 1.82) is 0 Å². The SMILES string of the molecule is CCc1ccc(CNC(CO)CC(C)C)cc1. The first-order chi connectivity index (χ1) is 8.15. The van der Waals surface area contributed by atoms with Gasteiger partial charge in [0.15, 0.2) is 0 Å². The first kappa shape index (κ1) is 14.2. The van der Waals surface area contributed by atoms with Crippen LogP contribution in [0.2, 0.25) is 0 Å². The zero-order valence-electron chi connectivity index (χ0n) is 11.2. The number of benzene rings is 1. The predicted molar refractivity (Wildman–Crippen MR) is 73.0 cm³/mol. The summed E-state index contributed by atoms with van der Waals surface area (Å²) in [4.78, 5) is 0. The van der Waals surface area contributed by atoms with Crippen LogP contribution in [-0.4, -0.2) is 17.8 Å². The van der Waals surface area contributed by atoms with Crippen molar-refractivity contribution in [3.63, 3.8) is 0 Å². The molecule has 0 fully saturated rings. The Bertz CT molecular complexity index is 305. The summed E-state index contributed by atoms with van der Waals surface area (Å²) in [6.45, 7) is 7.58. The monoisotopic (exact) mass is 235 g/mol. The van der Waals surface area contributed by atoms with Crippen LogP contribution in [0.5, 0.6) is 0 Å². The molecule has 96 valence electrons. The topological polar surface area (TPSA) is 32.3 Å². The lowest BCUT2D eigenvalue weighted by atomic mass is 10.0. The fourth-order valence-corrected chi connectivity index (χ4v) is 1.95. The van der Waals surface area contributed by atoms with Gasteiger partial charge in [-0.1, -0.05) is 45.0 Å². The average molecular weight is 235 g/mol. The van der Waals surface area contributed by atoms with E-state index in [1.807, 2.05) is 0 Å². The molecule has 0 saturated heterocycles. The van der Waals surface area contributed by atoms with Crippen LogP contribution in [0, 0.1) is 5.92 Å². The van der Waals surface area contributed by atoms with E-state index in [2.05, 4.69) is 50.4 Å². The van der Waals surface area contributed by atoms with Crippen molar-refractivity contribution in [3.8, 4) is 0 Å². The molecule has 0 amide bonds. The molecule has 0 heterocycles. The summed E-state index contributed by atoms with van der Waals surface area (Å²) in [7, 11) is 0. The second kappa shape index (κ2) is 7.46. The molecule has 0 bridgehead atoms. The summed E-state index contributed by atoms with van der Waals surface area (Å²) in [6.07, 6.45) is 2.10. The van der Waals surface area contributed by atoms with Gasteiger partial charge in [0, 0.05) is 12.6 Å². The molecule has 0 aromatic heterocycles. The summed E-state index contributed by atoms with van der Waals surface area (Å²) in [5.74, 6) is 0.613. The number of rotatable bonds is 7. The maximum atomic E-state index is 9.27. The van der Waals surface area contributed by atoms with E-state index in [1.165, 1.54) is 11.1 Å². The van der Waals surface area contributed by atoms with Gasteiger partial charge in [-0.05, 0) is 29.9 Å². The van der Waals surface area contributed by atoms with Gasteiger partial charge in [0.25, 0.3) is 0 Å². The Hall–Kier alpha value is -0.860. The van der Waals surface area contributed by atoms with E-state index >= 15 is 0 Å². The zero-order chi connectivity index (χ0) is 12.7. The van der Waals surface area contributed by atoms with Crippen LogP contribution >= 0.6 is 0 Å². The fourth-order valence-electron chi connectivity index (χ4n) is 1.95. The van der Waals surface area contributed by atoms with Crippen LogP contribution in [0.4, 0.5) is 0 Å². The van der Waals surface area contributed by atoms with Crippen LogP contribution in [0.1, 0.15) is 38.3 Å². The summed E-state index contributed by atoms with van der Waals surface area (Å²) in [6, 6.07) is 8.88. The molecule has 0 aliphatic rings. The van der Waals surface area contributed by atoms with E-state index in [4.69, 9.17) is 0 Å². The molecule has 0 aliphatic carbocycles. The minimum Gasteiger partial charge on any atom is -0.395 e. The van der Waals surface area contributed by atoms with Gasteiger partial charge in [-0.25, -0.2) is 0 Å². The highest BCUT2D eigenvalue weighted by Crippen LogP contribution is 2.07. The van der Waals surface area contributed by atoms with E-state index < -0.39 is 0 Å². The van der Waals surface area contributed by atoms with Crippen LogP contribution in [0.15, 0.2) is 24.3 Å². The molecule has 1 aromatic carbocycles. The van der Waals surface area contributed by atoms with E-state index in [9.17, 15) is 5.11 Å². The van der Waals surface area contributed by atoms with Gasteiger partial charge in [-0.15, -0.1) is 0 Å². The van der Waals surface area contributed by atoms with Gasteiger partial charge in [0.1, 0.15) is 0 Å². The number of hydrogen-bond donors (Lipinski definition) is 2. The van der Waals surface area contributed by atoms with Crippen molar-refractivity contribution < 1.29 is 5.11 Å². The maximum Gasteiger partial charge on any atom is 0.0584 e. The van der Waals surface area contributed by atoms with Gasteiger partial charge in [-0.3, -0.25) is 0 Å². The fraction of sp³-hybridized carbons (Fsp3) is 0.600. The molecule has 0 aliphatic heterocycles. The van der Waals surface area contributed by atoms with E-state index in [1.54, 1.807) is 0 Å². The molecule has 2 N–H and O–H groups in total. The molecule has 1 atom stereocenters. The number of aliphatic hydroxyl groups is 1. The van der Waals surface area contributed by atoms with Gasteiger partial charge in [0.05, 0.1) is 6.61 Å². The van der Waals surface area contributed by atoms with Crippen molar-refractivity contribution >= 4 is 0 Å². The summed E-state index contributed by atoms with van der Waals surface area (Å²) < 4.78 is 0. The van der Waals surface area contributed by atoms with Crippen molar-refractivity contribution in [2.45, 2.75) is 46.2 Å². The van der Waals surface area contributed by atoms with E-state index in [-0.39, 0.29) is 12.6 Å². The summed E-state index contributed by atoms with van der Waals surface area (Å²) in [5.41, 5.74) is 2.65. The van der Waals surface area contributed by atoms with E-state index in [0.29, 0.717) is 5.92 Å². The van der Waals surface area contributed by atoms with Gasteiger partial charge in [0.2, 0.25) is 0 Å². The third-order valence-electron chi connectivity index (χ3n) is 3.00. The molecule has 0 spiro atoms. The Morgan fingerprint density at radius 3 is 2.18 bits per heavy atom. The second-order valence-electron chi connectivity index (χ2n) is 5.06. The third kappa shape index (κ3) is 5.33. The molecule has 0 saturated carbocycles. The molecule has 17 heavy (non-hydrogen) atoms. The van der Waals surface area contributed by atoms with Crippen LogP contribution < -0.4 is 5.32 Å². The molecule has 2 nitrogen and oxygen atoms in total. The minimum absolute atomic E-state index is 0.209. The number of nitrogens with one attached hydrogen (secondary N) is 1. The predicted octanol–water partition coefficient (Wildman–Crippen LogP) is 2.75. The standard InChI is InChI=1S/C15H25NO/c1-4-13-5-7-14(8-6-13)10-16-15(11-17)9-12(2)3/h5-8,12,15-17H,4,9-11H2,1-3H3. The first-order valence-corrected chi connectivity index (χ1v) is 6.57. The normalized spacial score (nSPS) is 13.0. The van der Waals surface area contributed by atoms with Crippen LogP contribution in [-0.2, 0) is 13.0 Å². The number of aryl methyl sites for hydroxylation is 1. The average Bonchev–Trinajstić information content (AvgIpc) is 2.34. The summed E-state index contributed by atoms with van der Waals surface area (Å²) >= 11 is 0. The molecule has 0 radical (unpaired) electrons. The zero-order valence-corrected chi connectivity index (χ0v) is 11.2. The summed E-state index contributed by atoms with van der Waals surface area (Å²) in [5, 5.41) is 12.7.